The fraction of sp³-hybridized carbons (Fsp3) is 0.182. The second-order valence-electron chi connectivity index (χ2n) is 3.40. The lowest BCUT2D eigenvalue weighted by Crippen LogP contribution is -2.19. The van der Waals surface area contributed by atoms with Crippen LogP contribution >= 0.6 is 0 Å². The number of carbonyl (C=O) groups is 2. The van der Waals surface area contributed by atoms with Crippen LogP contribution in [0.5, 0.6) is 0 Å². The Morgan fingerprint density at radius 2 is 2.19 bits per heavy atom. The zero-order valence-electron chi connectivity index (χ0n) is 8.46. The van der Waals surface area contributed by atoms with Crippen LogP contribution in [0.1, 0.15) is 10.4 Å². The highest BCUT2D eigenvalue weighted by Gasteiger charge is 2.16. The monoisotopic (exact) mass is 218 g/mol. The average molecular weight is 218 g/mol. The SMILES string of the molecule is O=C(O)C(=O)c1cccc(N2C=NCC2)c1. The molecular formula is C11H10N2O3. The van der Waals surface area contributed by atoms with Gasteiger partial charge in [-0.05, 0) is 12.1 Å². The zero-order valence-corrected chi connectivity index (χ0v) is 8.46. The summed E-state index contributed by atoms with van der Waals surface area (Å²) >= 11 is 0. The first-order valence-electron chi connectivity index (χ1n) is 4.83. The number of benzene rings is 1. The predicted molar refractivity (Wildman–Crippen MR) is 59.1 cm³/mol. The van der Waals surface area contributed by atoms with Crippen LogP contribution in [-0.4, -0.2) is 36.3 Å². The highest BCUT2D eigenvalue weighted by molar-refractivity contribution is 6.40. The van der Waals surface area contributed by atoms with Gasteiger partial charge in [-0.1, -0.05) is 12.1 Å². The Morgan fingerprint density at radius 1 is 1.38 bits per heavy atom. The predicted octanol–water partition coefficient (Wildman–Crippen LogP) is 0.802. The van der Waals surface area contributed by atoms with Crippen LogP contribution in [0.15, 0.2) is 29.3 Å². The number of nitrogens with zero attached hydrogens (tertiary/aromatic N) is 2. The topological polar surface area (TPSA) is 70.0 Å². The Kier molecular flexibility index (Phi) is 2.68. The number of Topliss-reactive ketones (excluding diaryl/α,β-unsaturated/α-hetero) is 1. The van der Waals surface area contributed by atoms with Crippen molar-refractivity contribution in [3.05, 3.63) is 29.8 Å². The molecule has 2 rings (SSSR count). The van der Waals surface area contributed by atoms with Crippen molar-refractivity contribution in [2.24, 2.45) is 4.99 Å². The third-order valence-electron chi connectivity index (χ3n) is 2.33. The molecule has 0 aliphatic carbocycles. The van der Waals surface area contributed by atoms with Gasteiger partial charge < -0.3 is 10.0 Å². The Labute approximate surface area is 92.0 Å². The zero-order chi connectivity index (χ0) is 11.5. The summed E-state index contributed by atoms with van der Waals surface area (Å²) < 4.78 is 0. The number of anilines is 1. The van der Waals surface area contributed by atoms with Crippen molar-refractivity contribution in [2.75, 3.05) is 18.0 Å². The van der Waals surface area contributed by atoms with Crippen LogP contribution in [0, 0.1) is 0 Å². The molecule has 0 aromatic heterocycles. The molecule has 0 bridgehead atoms. The van der Waals surface area contributed by atoms with E-state index in [0.717, 1.165) is 18.8 Å². The number of ketones is 1. The highest BCUT2D eigenvalue weighted by Crippen LogP contribution is 2.17. The van der Waals surface area contributed by atoms with E-state index in [4.69, 9.17) is 5.11 Å². The molecule has 1 heterocycles. The van der Waals surface area contributed by atoms with Crippen LogP contribution in [-0.2, 0) is 4.79 Å². The molecule has 0 unspecified atom stereocenters. The van der Waals surface area contributed by atoms with Crippen molar-refractivity contribution in [3.8, 4) is 0 Å². The van der Waals surface area contributed by atoms with Gasteiger partial charge in [0.1, 0.15) is 0 Å². The van der Waals surface area contributed by atoms with E-state index in [2.05, 4.69) is 4.99 Å². The molecule has 0 saturated heterocycles. The molecule has 0 spiro atoms. The summed E-state index contributed by atoms with van der Waals surface area (Å²) in [5, 5.41) is 8.60. The smallest absolute Gasteiger partial charge is 0.377 e. The van der Waals surface area contributed by atoms with Crippen LogP contribution < -0.4 is 4.90 Å². The minimum atomic E-state index is -1.44. The van der Waals surface area contributed by atoms with E-state index in [1.807, 2.05) is 11.0 Å². The van der Waals surface area contributed by atoms with Crippen LogP contribution in [0.4, 0.5) is 5.69 Å². The van der Waals surface area contributed by atoms with E-state index >= 15 is 0 Å². The van der Waals surface area contributed by atoms with Gasteiger partial charge in [-0.3, -0.25) is 9.79 Å². The first-order valence-corrected chi connectivity index (χ1v) is 4.83. The Morgan fingerprint density at radius 3 is 2.81 bits per heavy atom. The van der Waals surface area contributed by atoms with Gasteiger partial charge in [0.25, 0.3) is 5.78 Å². The quantitative estimate of drug-likeness (QED) is 0.601. The highest BCUT2D eigenvalue weighted by atomic mass is 16.4. The molecule has 0 fully saturated rings. The van der Waals surface area contributed by atoms with Crippen molar-refractivity contribution in [1.82, 2.24) is 0 Å². The lowest BCUT2D eigenvalue weighted by molar-refractivity contribution is -0.131. The third-order valence-corrected chi connectivity index (χ3v) is 2.33. The summed E-state index contributed by atoms with van der Waals surface area (Å²) in [5.41, 5.74) is 0.971. The number of rotatable bonds is 3. The van der Waals surface area contributed by atoms with Crippen LogP contribution in [0.25, 0.3) is 0 Å². The summed E-state index contributed by atoms with van der Waals surface area (Å²) in [6, 6.07) is 6.54. The van der Waals surface area contributed by atoms with Gasteiger partial charge in [-0.25, -0.2) is 4.79 Å². The fourth-order valence-corrected chi connectivity index (χ4v) is 1.52. The second kappa shape index (κ2) is 4.14. The molecule has 5 nitrogen and oxygen atoms in total. The molecule has 0 radical (unpaired) electrons. The van der Waals surface area contributed by atoms with Crippen molar-refractivity contribution in [2.45, 2.75) is 0 Å². The van der Waals surface area contributed by atoms with E-state index < -0.39 is 11.8 Å². The van der Waals surface area contributed by atoms with Crippen LogP contribution in [0.3, 0.4) is 0 Å². The second-order valence-corrected chi connectivity index (χ2v) is 3.40. The van der Waals surface area contributed by atoms with Gasteiger partial charge in [0.15, 0.2) is 0 Å². The number of hydrogen-bond acceptors (Lipinski definition) is 4. The number of carbonyl (C=O) groups excluding carboxylic acids is 1. The summed E-state index contributed by atoms with van der Waals surface area (Å²) in [5.74, 6) is -2.33. The number of carboxylic acid groups (broad SMARTS) is 1. The number of aliphatic imine (C=N–C) groups is 1. The van der Waals surface area contributed by atoms with Gasteiger partial charge in [-0.15, -0.1) is 0 Å². The fourth-order valence-electron chi connectivity index (χ4n) is 1.52. The van der Waals surface area contributed by atoms with E-state index in [1.54, 1.807) is 18.5 Å². The first-order chi connectivity index (χ1) is 7.68. The molecule has 1 aromatic rings. The number of aliphatic carboxylic acids is 1. The largest absolute Gasteiger partial charge is 0.475 e. The van der Waals surface area contributed by atoms with Crippen molar-refractivity contribution >= 4 is 23.8 Å². The van der Waals surface area contributed by atoms with Gasteiger partial charge >= 0.3 is 5.97 Å². The minimum Gasteiger partial charge on any atom is -0.475 e. The first kappa shape index (κ1) is 10.4. The molecule has 1 aliphatic rings. The minimum absolute atomic E-state index is 0.185. The third kappa shape index (κ3) is 1.93. The van der Waals surface area contributed by atoms with Crippen molar-refractivity contribution in [1.29, 1.82) is 0 Å². The molecule has 82 valence electrons. The normalized spacial score (nSPS) is 14.1. The molecule has 1 aromatic carbocycles. The number of carboxylic acids is 1. The Hall–Kier alpha value is -2.17. The van der Waals surface area contributed by atoms with Crippen LogP contribution in [0.2, 0.25) is 0 Å². The molecule has 0 saturated carbocycles. The standard InChI is InChI=1S/C11H10N2O3/c14-10(11(15)16)8-2-1-3-9(6-8)13-5-4-12-7-13/h1-3,6-7H,4-5H2,(H,15,16). The van der Waals surface area contributed by atoms with E-state index in [-0.39, 0.29) is 5.56 Å². The maximum absolute atomic E-state index is 11.3. The Balaban J connectivity index is 2.29. The summed E-state index contributed by atoms with van der Waals surface area (Å²) in [6.07, 6.45) is 1.68. The summed E-state index contributed by atoms with van der Waals surface area (Å²) in [4.78, 5) is 27.7. The van der Waals surface area contributed by atoms with E-state index in [0.29, 0.717) is 0 Å². The maximum atomic E-state index is 11.3. The molecule has 1 N–H and O–H groups in total. The Bertz CT molecular complexity index is 468. The number of hydrogen-bond donors (Lipinski definition) is 1. The van der Waals surface area contributed by atoms with Gasteiger partial charge in [-0.2, -0.15) is 0 Å². The summed E-state index contributed by atoms with van der Waals surface area (Å²) in [6.45, 7) is 1.47. The van der Waals surface area contributed by atoms with Crippen molar-refractivity contribution < 1.29 is 14.7 Å². The molecular weight excluding hydrogens is 208 g/mol. The lowest BCUT2D eigenvalue weighted by atomic mass is 10.1. The van der Waals surface area contributed by atoms with E-state index in [9.17, 15) is 9.59 Å². The lowest BCUT2D eigenvalue weighted by Gasteiger charge is -2.14. The van der Waals surface area contributed by atoms with E-state index in [1.165, 1.54) is 6.07 Å². The van der Waals surface area contributed by atoms with Gasteiger partial charge in [0, 0.05) is 17.8 Å². The molecule has 1 aliphatic heterocycles. The van der Waals surface area contributed by atoms with Crippen molar-refractivity contribution in [3.63, 3.8) is 0 Å². The average Bonchev–Trinajstić information content (AvgIpc) is 2.81. The summed E-state index contributed by atoms with van der Waals surface area (Å²) in [7, 11) is 0. The maximum Gasteiger partial charge on any atom is 0.377 e. The van der Waals surface area contributed by atoms with Gasteiger partial charge in [0.05, 0.1) is 12.9 Å². The molecule has 0 atom stereocenters. The molecule has 0 amide bonds. The molecule has 16 heavy (non-hydrogen) atoms. The van der Waals surface area contributed by atoms with Gasteiger partial charge in [0.2, 0.25) is 0 Å². The molecule has 5 heteroatoms.